The van der Waals surface area contributed by atoms with Crippen LogP contribution in [0.25, 0.3) is 0 Å². The Morgan fingerprint density at radius 3 is 1.03 bits per heavy atom. The minimum atomic E-state index is 0.475. The second kappa shape index (κ2) is 56.2. The number of aldehydes is 2. The van der Waals surface area contributed by atoms with Crippen molar-refractivity contribution in [3.05, 3.63) is 0 Å². The SMILES string of the molecule is CCCCCC(CC=O)CCCCC.CCCCCC(CC=O)CCCCC.COCCCCCCCCCC(CCCCCCCCCOC)OCCCN(C)C(C)C. The highest BCUT2D eigenvalue weighted by atomic mass is 16.5. The minimum absolute atomic E-state index is 0.475. The van der Waals surface area contributed by atoms with Crippen molar-refractivity contribution in [2.24, 2.45) is 11.8 Å². The monoisotopic (exact) mass is 854 g/mol. The summed E-state index contributed by atoms with van der Waals surface area (Å²) in [7, 11) is 5.81. The molecule has 0 N–H and O–H groups in total. The van der Waals surface area contributed by atoms with E-state index in [4.69, 9.17) is 14.2 Å². The predicted octanol–water partition coefficient (Wildman–Crippen LogP) is 16.3. The van der Waals surface area contributed by atoms with Crippen molar-refractivity contribution in [1.82, 2.24) is 4.90 Å². The van der Waals surface area contributed by atoms with E-state index in [0.29, 0.717) is 24.0 Å². The van der Waals surface area contributed by atoms with Crippen LogP contribution in [0.5, 0.6) is 0 Å². The lowest BCUT2D eigenvalue weighted by Crippen LogP contribution is -2.28. The molecule has 0 rings (SSSR count). The molecule has 0 aliphatic carbocycles. The normalized spacial score (nSPS) is 11.4. The van der Waals surface area contributed by atoms with Crippen LogP contribution < -0.4 is 0 Å². The molecule has 0 bridgehead atoms. The maximum atomic E-state index is 10.5. The highest BCUT2D eigenvalue weighted by Gasteiger charge is 2.11. The fourth-order valence-electron chi connectivity index (χ4n) is 7.90. The van der Waals surface area contributed by atoms with Crippen LogP contribution in [-0.4, -0.2) is 77.3 Å². The lowest BCUT2D eigenvalue weighted by atomic mass is 9.93. The molecular formula is C54H111NO5. The van der Waals surface area contributed by atoms with Gasteiger partial charge >= 0.3 is 0 Å². The van der Waals surface area contributed by atoms with Crippen LogP contribution >= 0.6 is 0 Å². The lowest BCUT2D eigenvalue weighted by molar-refractivity contribution is -0.109. The van der Waals surface area contributed by atoms with Crippen molar-refractivity contribution in [2.75, 3.05) is 47.6 Å². The van der Waals surface area contributed by atoms with Gasteiger partial charge in [-0.15, -0.1) is 0 Å². The molecule has 0 saturated heterocycles. The molecule has 0 fully saturated rings. The topological polar surface area (TPSA) is 65.1 Å². The Kier molecular flexibility index (Phi) is 59.4. The molecule has 0 atom stereocenters. The van der Waals surface area contributed by atoms with Crippen LogP contribution in [0.4, 0.5) is 0 Å². The Balaban J connectivity index is -0.000000953. The van der Waals surface area contributed by atoms with E-state index in [0.717, 1.165) is 58.2 Å². The molecule has 362 valence electrons. The second-order valence-corrected chi connectivity index (χ2v) is 18.5. The number of nitrogens with zero attached hydrogens (tertiary/aromatic N) is 1. The molecule has 0 aromatic rings. The van der Waals surface area contributed by atoms with Gasteiger partial charge in [-0.05, 0) is 64.8 Å². The first kappa shape index (κ1) is 63.5. The average molecular weight is 854 g/mol. The van der Waals surface area contributed by atoms with Crippen molar-refractivity contribution >= 4 is 12.6 Å². The fraction of sp³-hybridized carbons (Fsp3) is 0.963. The summed E-state index contributed by atoms with van der Waals surface area (Å²) in [4.78, 5) is 23.4. The number of carbonyl (C=O) groups is 2. The fourth-order valence-corrected chi connectivity index (χ4v) is 7.90. The zero-order chi connectivity index (χ0) is 45.0. The molecule has 6 nitrogen and oxygen atoms in total. The summed E-state index contributed by atoms with van der Waals surface area (Å²) in [5.74, 6) is 1.34. The molecule has 0 aliphatic rings. The van der Waals surface area contributed by atoms with Gasteiger partial charge in [0, 0.05) is 59.5 Å². The van der Waals surface area contributed by atoms with E-state index in [1.165, 1.54) is 205 Å². The quantitative estimate of drug-likeness (QED) is 0.0449. The van der Waals surface area contributed by atoms with Crippen molar-refractivity contribution < 1.29 is 23.8 Å². The van der Waals surface area contributed by atoms with Crippen molar-refractivity contribution in [3.8, 4) is 0 Å². The largest absolute Gasteiger partial charge is 0.385 e. The van der Waals surface area contributed by atoms with Gasteiger partial charge in [-0.2, -0.15) is 0 Å². The number of ether oxygens (including phenoxy) is 3. The highest BCUT2D eigenvalue weighted by molar-refractivity contribution is 5.49. The summed E-state index contributed by atoms with van der Waals surface area (Å²) in [5.41, 5.74) is 0. The molecule has 0 aromatic heterocycles. The van der Waals surface area contributed by atoms with Gasteiger partial charge in [-0.3, -0.25) is 0 Å². The molecule has 6 heteroatoms. The van der Waals surface area contributed by atoms with Crippen LogP contribution in [0.15, 0.2) is 0 Å². The number of hydrogen-bond acceptors (Lipinski definition) is 6. The molecule has 0 unspecified atom stereocenters. The number of unbranched alkanes of at least 4 members (excludes halogenated alkanes) is 20. The van der Waals surface area contributed by atoms with Gasteiger partial charge in [-0.1, -0.05) is 207 Å². The Hall–Kier alpha value is -0.820. The average Bonchev–Trinajstić information content (AvgIpc) is 3.24. The van der Waals surface area contributed by atoms with Crippen molar-refractivity contribution in [2.45, 2.75) is 278 Å². The molecule has 60 heavy (non-hydrogen) atoms. The first-order chi connectivity index (χ1) is 29.3. The first-order valence-corrected chi connectivity index (χ1v) is 26.5. The Morgan fingerprint density at radius 2 is 0.733 bits per heavy atom. The Bertz CT molecular complexity index is 707. The van der Waals surface area contributed by atoms with Gasteiger partial charge in [0.05, 0.1) is 6.10 Å². The van der Waals surface area contributed by atoms with E-state index in [1.54, 1.807) is 14.2 Å². The van der Waals surface area contributed by atoms with Gasteiger partial charge < -0.3 is 28.7 Å². The van der Waals surface area contributed by atoms with Gasteiger partial charge in [0.1, 0.15) is 12.6 Å². The number of methoxy groups -OCH3 is 2. The molecule has 0 heterocycles. The molecule has 0 saturated carbocycles. The van der Waals surface area contributed by atoms with E-state index in [1.807, 2.05) is 0 Å². The maximum absolute atomic E-state index is 10.5. The third-order valence-electron chi connectivity index (χ3n) is 12.4. The van der Waals surface area contributed by atoms with Crippen LogP contribution in [0, 0.1) is 11.8 Å². The molecule has 0 aromatic carbocycles. The van der Waals surface area contributed by atoms with Crippen LogP contribution in [0.2, 0.25) is 0 Å². The zero-order valence-corrected chi connectivity index (χ0v) is 42.5. The minimum Gasteiger partial charge on any atom is -0.385 e. The molecule has 0 amide bonds. The maximum Gasteiger partial charge on any atom is 0.120 e. The summed E-state index contributed by atoms with van der Waals surface area (Å²) in [6, 6.07) is 0.620. The Labute approximate surface area is 378 Å². The summed E-state index contributed by atoms with van der Waals surface area (Å²) < 4.78 is 16.6. The van der Waals surface area contributed by atoms with E-state index in [2.05, 4.69) is 53.5 Å². The highest BCUT2D eigenvalue weighted by Crippen LogP contribution is 2.21. The van der Waals surface area contributed by atoms with Gasteiger partial charge in [0.15, 0.2) is 0 Å². The first-order valence-electron chi connectivity index (χ1n) is 26.5. The van der Waals surface area contributed by atoms with E-state index in [-0.39, 0.29) is 0 Å². The summed E-state index contributed by atoms with van der Waals surface area (Å²) >= 11 is 0. The van der Waals surface area contributed by atoms with Crippen LogP contribution in [-0.2, 0) is 23.8 Å². The third kappa shape index (κ3) is 53.3. The summed E-state index contributed by atoms with van der Waals surface area (Å²) in [6.45, 7) is 17.3. The van der Waals surface area contributed by atoms with Crippen LogP contribution in [0.1, 0.15) is 266 Å². The molecule has 0 aliphatic heterocycles. The van der Waals surface area contributed by atoms with Gasteiger partial charge in [0.25, 0.3) is 0 Å². The standard InChI is InChI=1S/C28H59NO3.2C13H26O/c1-27(2)29(3)23-20-26-32-28(21-16-12-8-6-10-14-18-24-30-4)22-17-13-9-7-11-15-19-25-31-5;2*1-3-5-7-9-13(11-12-14)10-8-6-4-2/h27-28H,6-26H2,1-5H3;2*12-13H,3-11H2,1-2H3. The molecule has 0 radical (unpaired) electrons. The summed E-state index contributed by atoms with van der Waals surface area (Å²) in [6.07, 6.45) is 47.2. The van der Waals surface area contributed by atoms with Crippen LogP contribution in [0.3, 0.4) is 0 Å². The van der Waals surface area contributed by atoms with E-state index >= 15 is 0 Å². The lowest BCUT2D eigenvalue weighted by Gasteiger charge is -2.22. The van der Waals surface area contributed by atoms with Gasteiger partial charge in [-0.25, -0.2) is 0 Å². The number of rotatable bonds is 46. The molecular weight excluding hydrogens is 743 g/mol. The smallest absolute Gasteiger partial charge is 0.120 e. The van der Waals surface area contributed by atoms with Crippen molar-refractivity contribution in [3.63, 3.8) is 0 Å². The third-order valence-corrected chi connectivity index (χ3v) is 12.4. The summed E-state index contributed by atoms with van der Waals surface area (Å²) in [5, 5.41) is 0. The van der Waals surface area contributed by atoms with E-state index < -0.39 is 0 Å². The second-order valence-electron chi connectivity index (χ2n) is 18.5. The van der Waals surface area contributed by atoms with E-state index in [9.17, 15) is 9.59 Å². The predicted molar refractivity (Wildman–Crippen MR) is 265 cm³/mol. The number of carbonyl (C=O) groups excluding carboxylic acids is 2. The van der Waals surface area contributed by atoms with Gasteiger partial charge in [0.2, 0.25) is 0 Å². The molecule has 0 spiro atoms. The number of hydrogen-bond donors (Lipinski definition) is 0. The zero-order valence-electron chi connectivity index (χ0n) is 42.5. The van der Waals surface area contributed by atoms with Crippen molar-refractivity contribution in [1.29, 1.82) is 0 Å². The Morgan fingerprint density at radius 1 is 0.417 bits per heavy atom.